The molecular weight excluding hydrogens is 248 g/mol. The van der Waals surface area contributed by atoms with Crippen molar-refractivity contribution in [3.63, 3.8) is 0 Å². The second-order valence-electron chi connectivity index (χ2n) is 6.85. The van der Waals surface area contributed by atoms with Crippen LogP contribution in [0.2, 0.25) is 0 Å². The molecule has 3 rings (SSSR count). The summed E-state index contributed by atoms with van der Waals surface area (Å²) in [7, 11) is 0. The first kappa shape index (κ1) is 13.3. The molecule has 0 aromatic heterocycles. The van der Waals surface area contributed by atoms with Gasteiger partial charge in [0.25, 0.3) is 0 Å². The minimum atomic E-state index is 0.390. The van der Waals surface area contributed by atoms with Crippen LogP contribution in [-0.2, 0) is 0 Å². The van der Waals surface area contributed by atoms with Gasteiger partial charge in [0.2, 0.25) is 0 Å². The number of allylic oxidation sites excluding steroid dienone is 2. The molecule has 0 N–H and O–H groups in total. The van der Waals surface area contributed by atoms with Crippen molar-refractivity contribution in [2.45, 2.75) is 51.7 Å². The van der Waals surface area contributed by atoms with Crippen molar-refractivity contribution in [2.75, 3.05) is 0 Å². The highest BCUT2D eigenvalue weighted by atomic mass is 32.2. The van der Waals surface area contributed by atoms with Gasteiger partial charge in [-0.25, -0.2) is 0 Å². The summed E-state index contributed by atoms with van der Waals surface area (Å²) in [5.41, 5.74) is 3.66. The topological polar surface area (TPSA) is 0 Å². The molecular formula is C18H24S. The number of hydrogen-bond acceptors (Lipinski definition) is 1. The molecule has 2 aliphatic rings. The highest BCUT2D eigenvalue weighted by Gasteiger charge is 2.37. The van der Waals surface area contributed by atoms with Crippen molar-refractivity contribution in [1.82, 2.24) is 0 Å². The van der Waals surface area contributed by atoms with Gasteiger partial charge in [0.05, 0.1) is 0 Å². The van der Waals surface area contributed by atoms with E-state index in [4.69, 9.17) is 0 Å². The minimum Gasteiger partial charge on any atom is -0.122 e. The molecule has 0 bridgehead atoms. The first-order chi connectivity index (χ1) is 9.06. The van der Waals surface area contributed by atoms with E-state index < -0.39 is 0 Å². The van der Waals surface area contributed by atoms with Gasteiger partial charge in [-0.2, -0.15) is 0 Å². The summed E-state index contributed by atoms with van der Waals surface area (Å²) in [6.45, 7) is 7.31. The standard InChI is InChI=1S/C18H24S/c1-13-9-10-15-16(11-13)19-17(12-18(15,2)3)14-7-5-4-6-8-14/h4-8,13,17H,9-12H2,1-3H3/t13-,17+/m1/s1. The molecule has 0 amide bonds. The summed E-state index contributed by atoms with van der Waals surface area (Å²) in [5.74, 6) is 0.872. The Bertz CT molecular complexity index is 484. The van der Waals surface area contributed by atoms with Crippen LogP contribution in [0, 0.1) is 11.3 Å². The summed E-state index contributed by atoms with van der Waals surface area (Å²) < 4.78 is 0. The highest BCUT2D eigenvalue weighted by Crippen LogP contribution is 2.57. The molecule has 2 atom stereocenters. The van der Waals surface area contributed by atoms with Crippen LogP contribution in [0.5, 0.6) is 0 Å². The fourth-order valence-corrected chi connectivity index (χ4v) is 5.60. The Morgan fingerprint density at radius 2 is 1.89 bits per heavy atom. The van der Waals surface area contributed by atoms with Gasteiger partial charge in [-0.1, -0.05) is 56.7 Å². The van der Waals surface area contributed by atoms with Crippen LogP contribution >= 0.6 is 11.8 Å². The number of thioether (sulfide) groups is 1. The largest absolute Gasteiger partial charge is 0.122 e. The zero-order valence-electron chi connectivity index (χ0n) is 12.3. The average Bonchev–Trinajstić information content (AvgIpc) is 2.38. The second kappa shape index (κ2) is 5.01. The first-order valence-corrected chi connectivity index (χ1v) is 8.38. The van der Waals surface area contributed by atoms with Gasteiger partial charge in [0, 0.05) is 5.25 Å². The van der Waals surface area contributed by atoms with E-state index in [2.05, 4.69) is 62.9 Å². The lowest BCUT2D eigenvalue weighted by Crippen LogP contribution is -2.26. The van der Waals surface area contributed by atoms with E-state index in [0.29, 0.717) is 10.7 Å². The third-order valence-corrected chi connectivity index (χ3v) is 6.15. The fraction of sp³-hybridized carbons (Fsp3) is 0.556. The van der Waals surface area contributed by atoms with Crippen LogP contribution in [-0.4, -0.2) is 0 Å². The van der Waals surface area contributed by atoms with Gasteiger partial charge >= 0.3 is 0 Å². The van der Waals surface area contributed by atoms with Crippen molar-refractivity contribution in [3.05, 3.63) is 46.4 Å². The van der Waals surface area contributed by atoms with Gasteiger partial charge in [-0.15, -0.1) is 11.8 Å². The summed E-state index contributed by atoms with van der Waals surface area (Å²) in [6, 6.07) is 11.1. The van der Waals surface area contributed by atoms with Crippen LogP contribution < -0.4 is 0 Å². The molecule has 1 aromatic carbocycles. The lowest BCUT2D eigenvalue weighted by Gasteiger charge is -2.42. The maximum absolute atomic E-state index is 2.45. The van der Waals surface area contributed by atoms with Crippen LogP contribution in [0.3, 0.4) is 0 Å². The monoisotopic (exact) mass is 272 g/mol. The van der Waals surface area contributed by atoms with E-state index >= 15 is 0 Å². The van der Waals surface area contributed by atoms with E-state index in [-0.39, 0.29) is 0 Å². The van der Waals surface area contributed by atoms with Crippen LogP contribution in [0.15, 0.2) is 40.8 Å². The Balaban J connectivity index is 1.92. The molecule has 0 radical (unpaired) electrons. The summed E-state index contributed by atoms with van der Waals surface area (Å²) in [4.78, 5) is 1.71. The molecule has 1 heteroatoms. The van der Waals surface area contributed by atoms with Gasteiger partial charge in [-0.3, -0.25) is 0 Å². The van der Waals surface area contributed by atoms with Crippen LogP contribution in [0.4, 0.5) is 0 Å². The lowest BCUT2D eigenvalue weighted by atomic mass is 9.73. The van der Waals surface area contributed by atoms with E-state index in [1.165, 1.54) is 31.2 Å². The Kier molecular flexibility index (Phi) is 3.51. The molecule has 1 aromatic rings. The van der Waals surface area contributed by atoms with Crippen molar-refractivity contribution in [1.29, 1.82) is 0 Å². The number of hydrogen-bond donors (Lipinski definition) is 0. The van der Waals surface area contributed by atoms with Gasteiger partial charge in [0.15, 0.2) is 0 Å². The van der Waals surface area contributed by atoms with Crippen molar-refractivity contribution in [2.24, 2.45) is 11.3 Å². The molecule has 0 spiro atoms. The minimum absolute atomic E-state index is 0.390. The SMILES string of the molecule is C[C@@H]1CCC2=C(C1)S[C@H](c1ccccc1)CC2(C)C. The Labute approximate surface area is 121 Å². The van der Waals surface area contributed by atoms with Crippen molar-refractivity contribution >= 4 is 11.8 Å². The molecule has 19 heavy (non-hydrogen) atoms. The van der Waals surface area contributed by atoms with Crippen LogP contribution in [0.25, 0.3) is 0 Å². The van der Waals surface area contributed by atoms with Gasteiger partial charge < -0.3 is 0 Å². The smallest absolute Gasteiger partial charge is 0.0349 e. The van der Waals surface area contributed by atoms with E-state index in [0.717, 1.165) is 5.92 Å². The number of rotatable bonds is 1. The molecule has 0 saturated carbocycles. The predicted molar refractivity (Wildman–Crippen MR) is 85.2 cm³/mol. The van der Waals surface area contributed by atoms with E-state index in [1.807, 2.05) is 0 Å². The predicted octanol–water partition coefficient (Wildman–Crippen LogP) is 5.96. The van der Waals surface area contributed by atoms with Gasteiger partial charge in [-0.05, 0) is 47.5 Å². The third-order valence-electron chi connectivity index (χ3n) is 4.73. The fourth-order valence-electron chi connectivity index (χ4n) is 3.56. The summed E-state index contributed by atoms with van der Waals surface area (Å²) in [5, 5.41) is 0.653. The maximum Gasteiger partial charge on any atom is 0.0349 e. The van der Waals surface area contributed by atoms with Crippen molar-refractivity contribution in [3.8, 4) is 0 Å². The first-order valence-electron chi connectivity index (χ1n) is 7.50. The third kappa shape index (κ3) is 2.63. The maximum atomic E-state index is 2.45. The zero-order chi connectivity index (χ0) is 13.5. The molecule has 1 aliphatic carbocycles. The molecule has 0 fully saturated rings. The Hall–Kier alpha value is -0.690. The zero-order valence-corrected chi connectivity index (χ0v) is 13.1. The van der Waals surface area contributed by atoms with Gasteiger partial charge in [0.1, 0.15) is 0 Å². The Morgan fingerprint density at radius 3 is 2.63 bits per heavy atom. The molecule has 1 aliphatic heterocycles. The van der Waals surface area contributed by atoms with E-state index in [9.17, 15) is 0 Å². The molecule has 102 valence electrons. The summed E-state index contributed by atoms with van der Waals surface area (Å²) >= 11 is 2.15. The van der Waals surface area contributed by atoms with E-state index in [1.54, 1.807) is 10.5 Å². The quantitative estimate of drug-likeness (QED) is 0.607. The lowest BCUT2D eigenvalue weighted by molar-refractivity contribution is 0.352. The van der Waals surface area contributed by atoms with Crippen molar-refractivity contribution < 1.29 is 0 Å². The van der Waals surface area contributed by atoms with Crippen LogP contribution in [0.1, 0.15) is 57.3 Å². The molecule has 0 saturated heterocycles. The Morgan fingerprint density at radius 1 is 1.16 bits per heavy atom. The molecule has 0 nitrogen and oxygen atoms in total. The number of benzene rings is 1. The highest BCUT2D eigenvalue weighted by molar-refractivity contribution is 8.03. The average molecular weight is 272 g/mol. The molecule has 0 unspecified atom stereocenters. The normalized spacial score (nSPS) is 30.1. The molecule has 1 heterocycles. The summed E-state index contributed by atoms with van der Waals surface area (Å²) in [6.07, 6.45) is 5.32. The second-order valence-corrected chi connectivity index (χ2v) is 8.15.